The molecule has 0 bridgehead atoms. The fourth-order valence-electron chi connectivity index (χ4n) is 3.09. The van der Waals surface area contributed by atoms with E-state index < -0.39 is 0 Å². The van der Waals surface area contributed by atoms with Gasteiger partial charge in [-0.3, -0.25) is 0 Å². The molecule has 3 rings (SSSR count). The lowest BCUT2D eigenvalue weighted by Gasteiger charge is -2.25. The molecule has 1 aliphatic carbocycles. The predicted molar refractivity (Wildman–Crippen MR) is 79.4 cm³/mol. The third-order valence-corrected chi connectivity index (χ3v) is 4.46. The van der Waals surface area contributed by atoms with Crippen LogP contribution in [0.2, 0.25) is 0 Å². The van der Waals surface area contributed by atoms with Crippen molar-refractivity contribution in [2.75, 3.05) is 13.1 Å². The number of hydrogen-bond acceptors (Lipinski definition) is 2. The Kier molecular flexibility index (Phi) is 3.61. The number of benzene rings is 1. The first kappa shape index (κ1) is 12.7. The molecular weight excluding hydrogens is 234 g/mol. The van der Waals surface area contributed by atoms with E-state index in [-0.39, 0.29) is 0 Å². The molecule has 1 N–H and O–H groups in total. The highest BCUT2D eigenvalue weighted by atomic mass is 16.5. The molecule has 0 spiro atoms. The highest BCUT2D eigenvalue weighted by Gasteiger charge is 2.39. The molecule has 2 fully saturated rings. The van der Waals surface area contributed by atoms with Crippen molar-refractivity contribution in [2.45, 2.75) is 32.3 Å². The Labute approximate surface area is 115 Å². The van der Waals surface area contributed by atoms with Crippen LogP contribution in [-0.2, 0) is 0 Å². The summed E-state index contributed by atoms with van der Waals surface area (Å²) in [5.74, 6) is 2.50. The van der Waals surface area contributed by atoms with Crippen molar-refractivity contribution in [3.8, 4) is 5.75 Å². The Bertz CT molecular complexity index is 458. The van der Waals surface area contributed by atoms with Crippen molar-refractivity contribution in [3.05, 3.63) is 35.9 Å². The van der Waals surface area contributed by atoms with Crippen LogP contribution in [0.5, 0.6) is 5.75 Å². The number of hydrogen-bond donors (Lipinski definition) is 1. The van der Waals surface area contributed by atoms with Crippen LogP contribution >= 0.6 is 0 Å². The monoisotopic (exact) mass is 257 g/mol. The van der Waals surface area contributed by atoms with Gasteiger partial charge in [-0.25, -0.2) is 0 Å². The van der Waals surface area contributed by atoms with Gasteiger partial charge in [0.05, 0.1) is 0 Å². The molecular formula is C17H23NO. The molecule has 1 saturated heterocycles. The number of nitrogens with one attached hydrogen (secondary N) is 1. The van der Waals surface area contributed by atoms with Gasteiger partial charge in [-0.05, 0) is 55.8 Å². The van der Waals surface area contributed by atoms with E-state index in [4.69, 9.17) is 4.74 Å². The molecule has 0 amide bonds. The van der Waals surface area contributed by atoms with Gasteiger partial charge >= 0.3 is 0 Å². The van der Waals surface area contributed by atoms with Crippen LogP contribution in [0.4, 0.5) is 0 Å². The van der Waals surface area contributed by atoms with Crippen LogP contribution in [0.3, 0.4) is 0 Å². The quantitative estimate of drug-likeness (QED) is 0.873. The topological polar surface area (TPSA) is 21.3 Å². The maximum Gasteiger partial charge on any atom is 0.123 e. The van der Waals surface area contributed by atoms with Gasteiger partial charge in [0.2, 0.25) is 0 Å². The third kappa shape index (κ3) is 2.69. The second-order valence-electron chi connectivity index (χ2n) is 5.85. The molecule has 2 heteroatoms. The van der Waals surface area contributed by atoms with E-state index in [1.165, 1.54) is 30.4 Å². The molecule has 1 heterocycles. The fraction of sp³-hybridized carbons (Fsp3) is 0.529. The second kappa shape index (κ2) is 5.38. The van der Waals surface area contributed by atoms with Crippen molar-refractivity contribution in [2.24, 2.45) is 11.8 Å². The van der Waals surface area contributed by atoms with Crippen LogP contribution in [-0.4, -0.2) is 19.2 Å². The van der Waals surface area contributed by atoms with Crippen molar-refractivity contribution in [1.29, 1.82) is 0 Å². The van der Waals surface area contributed by atoms with Gasteiger partial charge in [-0.2, -0.15) is 0 Å². The molecule has 19 heavy (non-hydrogen) atoms. The lowest BCUT2D eigenvalue weighted by molar-refractivity contribution is 0.120. The molecule has 102 valence electrons. The summed E-state index contributed by atoms with van der Waals surface area (Å²) in [6.45, 7) is 8.25. The predicted octanol–water partition coefficient (Wildman–Crippen LogP) is 3.40. The Morgan fingerprint density at radius 3 is 2.79 bits per heavy atom. The summed E-state index contributed by atoms with van der Waals surface area (Å²) >= 11 is 0. The van der Waals surface area contributed by atoms with Gasteiger partial charge in [-0.15, -0.1) is 0 Å². The number of rotatable bonds is 5. The second-order valence-corrected chi connectivity index (χ2v) is 5.85. The van der Waals surface area contributed by atoms with Crippen LogP contribution in [0, 0.1) is 18.8 Å². The lowest BCUT2D eigenvalue weighted by atomic mass is 9.97. The van der Waals surface area contributed by atoms with Crippen LogP contribution in [0.25, 0.3) is 6.08 Å². The largest absolute Gasteiger partial charge is 0.490 e. The third-order valence-electron chi connectivity index (χ3n) is 4.46. The van der Waals surface area contributed by atoms with Crippen molar-refractivity contribution >= 4 is 6.08 Å². The zero-order valence-electron chi connectivity index (χ0n) is 11.7. The molecule has 2 aliphatic rings. The normalized spacial score (nSPS) is 24.2. The zero-order valence-corrected chi connectivity index (χ0v) is 11.7. The summed E-state index contributed by atoms with van der Waals surface area (Å²) < 4.78 is 6.41. The molecule has 1 aromatic rings. The first-order valence-electron chi connectivity index (χ1n) is 7.39. The molecule has 2 atom stereocenters. The van der Waals surface area contributed by atoms with Crippen molar-refractivity contribution in [3.63, 3.8) is 0 Å². The molecule has 1 aromatic carbocycles. The summed E-state index contributed by atoms with van der Waals surface area (Å²) in [5, 5.41) is 3.46. The summed E-state index contributed by atoms with van der Waals surface area (Å²) in [6, 6.07) is 6.26. The van der Waals surface area contributed by atoms with E-state index >= 15 is 0 Å². The minimum absolute atomic E-state index is 0.397. The molecule has 1 aliphatic heterocycles. The van der Waals surface area contributed by atoms with Crippen molar-refractivity contribution < 1.29 is 4.74 Å². The Morgan fingerprint density at radius 1 is 1.32 bits per heavy atom. The first-order valence-corrected chi connectivity index (χ1v) is 7.39. The maximum absolute atomic E-state index is 6.41. The maximum atomic E-state index is 6.41. The average molecular weight is 257 g/mol. The molecule has 0 aromatic heterocycles. The van der Waals surface area contributed by atoms with E-state index in [1.807, 2.05) is 6.08 Å². The van der Waals surface area contributed by atoms with Crippen LogP contribution < -0.4 is 10.1 Å². The summed E-state index contributed by atoms with van der Waals surface area (Å²) in [7, 11) is 0. The summed E-state index contributed by atoms with van der Waals surface area (Å²) in [4.78, 5) is 0. The zero-order chi connectivity index (χ0) is 13.2. The van der Waals surface area contributed by atoms with Crippen LogP contribution in [0.15, 0.2) is 24.8 Å². The molecule has 0 unspecified atom stereocenters. The average Bonchev–Trinajstić information content (AvgIpc) is 3.12. The van der Waals surface area contributed by atoms with Gasteiger partial charge in [-0.1, -0.05) is 24.8 Å². The highest BCUT2D eigenvalue weighted by Crippen LogP contribution is 2.40. The van der Waals surface area contributed by atoms with Crippen molar-refractivity contribution in [1.82, 2.24) is 5.32 Å². The Morgan fingerprint density at radius 2 is 2.16 bits per heavy atom. The standard InChI is InChI=1S/C17H23NO/c1-3-13-5-4-6-16(12(13)2)19-17(14-7-8-14)15-9-10-18-11-15/h3-6,14-15,17-18H,1,7-11H2,2H3/t15-,17+/m0/s1. The van der Waals surface area contributed by atoms with E-state index in [1.54, 1.807) is 0 Å². The lowest BCUT2D eigenvalue weighted by Crippen LogP contribution is -2.31. The minimum atomic E-state index is 0.397. The van der Waals surface area contributed by atoms with E-state index in [0.717, 1.165) is 24.8 Å². The number of ether oxygens (including phenoxy) is 1. The van der Waals surface area contributed by atoms with Crippen LogP contribution in [0.1, 0.15) is 30.4 Å². The fourth-order valence-corrected chi connectivity index (χ4v) is 3.09. The molecule has 1 saturated carbocycles. The van der Waals surface area contributed by atoms with Gasteiger partial charge in [0.15, 0.2) is 0 Å². The Hall–Kier alpha value is -1.28. The van der Waals surface area contributed by atoms with Gasteiger partial charge < -0.3 is 10.1 Å². The smallest absolute Gasteiger partial charge is 0.123 e. The SMILES string of the molecule is C=Cc1cccc(O[C@H](C2CC2)[C@H]2CCNC2)c1C. The van der Waals surface area contributed by atoms with Gasteiger partial charge in [0.25, 0.3) is 0 Å². The highest BCUT2D eigenvalue weighted by molar-refractivity contribution is 5.55. The summed E-state index contributed by atoms with van der Waals surface area (Å²) in [5.41, 5.74) is 2.39. The minimum Gasteiger partial charge on any atom is -0.490 e. The molecule has 0 radical (unpaired) electrons. The molecule has 2 nitrogen and oxygen atoms in total. The van der Waals surface area contributed by atoms with Gasteiger partial charge in [0, 0.05) is 12.5 Å². The summed E-state index contributed by atoms with van der Waals surface area (Å²) in [6.07, 6.45) is 6.23. The van der Waals surface area contributed by atoms with Gasteiger partial charge in [0.1, 0.15) is 11.9 Å². The van der Waals surface area contributed by atoms with E-state index in [9.17, 15) is 0 Å². The first-order chi connectivity index (χ1) is 9.29. The van der Waals surface area contributed by atoms with E-state index in [0.29, 0.717) is 12.0 Å². The Balaban J connectivity index is 1.79. The van der Waals surface area contributed by atoms with E-state index in [2.05, 4.69) is 37.0 Å².